The third-order valence-corrected chi connectivity index (χ3v) is 5.94. The van der Waals surface area contributed by atoms with E-state index in [0.29, 0.717) is 13.1 Å². The minimum atomic E-state index is -3.87. The Morgan fingerprint density at radius 2 is 1.84 bits per heavy atom. The highest BCUT2D eigenvalue weighted by atomic mass is 32.2. The van der Waals surface area contributed by atoms with Gasteiger partial charge in [0.1, 0.15) is 16.8 Å². The van der Waals surface area contributed by atoms with Gasteiger partial charge in [-0.05, 0) is 50.2 Å². The van der Waals surface area contributed by atoms with Crippen LogP contribution in [0.1, 0.15) is 24.9 Å². The van der Waals surface area contributed by atoms with Crippen molar-refractivity contribution in [3.63, 3.8) is 0 Å². The standard InChI is InChI=1S/C17H21FN2O4S/c1-3-20(4-2)17(21)19-12-16(15-6-5-11-24-15)25(22,23)14-9-7-13(18)8-10-14/h5-11,16H,3-4,12H2,1-2H3,(H,19,21). The molecule has 0 aliphatic heterocycles. The van der Waals surface area contributed by atoms with Gasteiger partial charge in [-0.3, -0.25) is 0 Å². The summed E-state index contributed by atoms with van der Waals surface area (Å²) in [4.78, 5) is 13.6. The first-order valence-corrected chi connectivity index (χ1v) is 9.50. The third-order valence-electron chi connectivity index (χ3n) is 3.87. The monoisotopic (exact) mass is 368 g/mol. The molecule has 6 nitrogen and oxygen atoms in total. The summed E-state index contributed by atoms with van der Waals surface area (Å²) in [5.41, 5.74) is 0. The Morgan fingerprint density at radius 1 is 1.20 bits per heavy atom. The highest BCUT2D eigenvalue weighted by molar-refractivity contribution is 7.91. The zero-order chi connectivity index (χ0) is 18.4. The molecule has 1 aromatic carbocycles. The van der Waals surface area contributed by atoms with Gasteiger partial charge >= 0.3 is 6.03 Å². The maximum atomic E-state index is 13.1. The summed E-state index contributed by atoms with van der Waals surface area (Å²) in [5.74, 6) is -0.312. The predicted molar refractivity (Wildman–Crippen MR) is 91.4 cm³/mol. The summed E-state index contributed by atoms with van der Waals surface area (Å²) >= 11 is 0. The molecule has 1 N–H and O–H groups in total. The van der Waals surface area contributed by atoms with Crippen molar-refractivity contribution in [1.82, 2.24) is 10.2 Å². The molecule has 2 rings (SSSR count). The number of halogens is 1. The number of furan rings is 1. The van der Waals surface area contributed by atoms with Crippen LogP contribution < -0.4 is 5.32 Å². The molecule has 0 spiro atoms. The van der Waals surface area contributed by atoms with Gasteiger partial charge in [-0.25, -0.2) is 17.6 Å². The van der Waals surface area contributed by atoms with E-state index in [1.807, 2.05) is 13.8 Å². The molecule has 0 fully saturated rings. The van der Waals surface area contributed by atoms with E-state index < -0.39 is 20.9 Å². The van der Waals surface area contributed by atoms with E-state index >= 15 is 0 Å². The molecule has 1 aromatic heterocycles. The zero-order valence-corrected chi connectivity index (χ0v) is 14.9. The van der Waals surface area contributed by atoms with Gasteiger partial charge in [0, 0.05) is 19.6 Å². The van der Waals surface area contributed by atoms with E-state index in [1.165, 1.54) is 24.5 Å². The summed E-state index contributed by atoms with van der Waals surface area (Å²) in [6.07, 6.45) is 1.37. The van der Waals surface area contributed by atoms with E-state index in [9.17, 15) is 17.6 Å². The number of nitrogens with zero attached hydrogens (tertiary/aromatic N) is 1. The van der Waals surface area contributed by atoms with Crippen LogP contribution in [0.25, 0.3) is 0 Å². The van der Waals surface area contributed by atoms with Crippen molar-refractivity contribution in [1.29, 1.82) is 0 Å². The van der Waals surface area contributed by atoms with Crippen LogP contribution in [0, 0.1) is 5.82 Å². The molecule has 8 heteroatoms. The van der Waals surface area contributed by atoms with Crippen molar-refractivity contribution < 1.29 is 22.0 Å². The lowest BCUT2D eigenvalue weighted by atomic mass is 10.3. The van der Waals surface area contributed by atoms with E-state index in [-0.39, 0.29) is 23.2 Å². The van der Waals surface area contributed by atoms with Crippen molar-refractivity contribution in [3.05, 3.63) is 54.2 Å². The summed E-state index contributed by atoms with van der Waals surface area (Å²) in [5, 5.41) is 1.53. The highest BCUT2D eigenvalue weighted by Gasteiger charge is 2.32. The number of benzene rings is 1. The van der Waals surface area contributed by atoms with Crippen molar-refractivity contribution in [2.45, 2.75) is 24.0 Å². The second kappa shape index (κ2) is 8.15. The van der Waals surface area contributed by atoms with Gasteiger partial charge < -0.3 is 14.6 Å². The van der Waals surface area contributed by atoms with Crippen molar-refractivity contribution in [3.8, 4) is 0 Å². The summed E-state index contributed by atoms with van der Waals surface area (Å²) in [6, 6.07) is 7.33. The van der Waals surface area contributed by atoms with Crippen molar-refractivity contribution in [2.24, 2.45) is 0 Å². The molecule has 136 valence electrons. The summed E-state index contributed by atoms with van der Waals surface area (Å²) in [6.45, 7) is 4.55. The molecular formula is C17H21FN2O4S. The topological polar surface area (TPSA) is 79.6 Å². The van der Waals surface area contributed by atoms with Crippen LogP contribution in [0.5, 0.6) is 0 Å². The van der Waals surface area contributed by atoms with Crippen LogP contribution in [-0.2, 0) is 9.84 Å². The minimum absolute atomic E-state index is 0.0348. The largest absolute Gasteiger partial charge is 0.468 e. The SMILES string of the molecule is CCN(CC)C(=O)NCC(c1ccco1)S(=O)(=O)c1ccc(F)cc1. The Labute approximate surface area is 146 Å². The van der Waals surface area contributed by atoms with Crippen LogP contribution in [0.2, 0.25) is 0 Å². The van der Waals surface area contributed by atoms with E-state index in [1.54, 1.807) is 11.0 Å². The average molecular weight is 368 g/mol. The Hall–Kier alpha value is -2.35. The lowest BCUT2D eigenvalue weighted by Crippen LogP contribution is -2.42. The number of hydrogen-bond donors (Lipinski definition) is 1. The number of sulfone groups is 1. The van der Waals surface area contributed by atoms with Crippen LogP contribution in [0.15, 0.2) is 52.0 Å². The lowest BCUT2D eigenvalue weighted by Gasteiger charge is -2.22. The average Bonchev–Trinajstić information content (AvgIpc) is 3.10. The van der Waals surface area contributed by atoms with E-state index in [0.717, 1.165) is 12.1 Å². The van der Waals surface area contributed by atoms with E-state index in [2.05, 4.69) is 5.32 Å². The Bertz CT molecular complexity index is 785. The maximum Gasteiger partial charge on any atom is 0.317 e. The van der Waals surface area contributed by atoms with Gasteiger partial charge in [-0.1, -0.05) is 0 Å². The first-order valence-electron chi connectivity index (χ1n) is 7.95. The number of carbonyl (C=O) groups excluding carboxylic acids is 1. The fraction of sp³-hybridized carbons (Fsp3) is 0.353. The molecule has 0 saturated heterocycles. The number of nitrogens with one attached hydrogen (secondary N) is 1. The molecule has 2 amide bonds. The highest BCUT2D eigenvalue weighted by Crippen LogP contribution is 2.29. The minimum Gasteiger partial charge on any atom is -0.468 e. The van der Waals surface area contributed by atoms with Gasteiger partial charge in [-0.2, -0.15) is 0 Å². The van der Waals surface area contributed by atoms with Crippen molar-refractivity contribution >= 4 is 15.9 Å². The Morgan fingerprint density at radius 3 is 2.36 bits per heavy atom. The second-order valence-electron chi connectivity index (χ2n) is 5.36. The first-order chi connectivity index (χ1) is 11.9. The van der Waals surface area contributed by atoms with Gasteiger partial charge in [0.25, 0.3) is 0 Å². The zero-order valence-electron chi connectivity index (χ0n) is 14.1. The number of urea groups is 1. The molecule has 1 heterocycles. The van der Waals surface area contributed by atoms with Gasteiger partial charge in [0.05, 0.1) is 11.2 Å². The molecule has 1 atom stereocenters. The molecule has 0 saturated carbocycles. The molecule has 0 aliphatic rings. The molecular weight excluding hydrogens is 347 g/mol. The Balaban J connectivity index is 2.28. The summed E-state index contributed by atoms with van der Waals surface area (Å²) < 4.78 is 44.2. The molecule has 0 aliphatic carbocycles. The van der Waals surface area contributed by atoms with E-state index in [4.69, 9.17) is 4.42 Å². The summed E-state index contributed by atoms with van der Waals surface area (Å²) in [7, 11) is -3.87. The number of rotatable bonds is 7. The maximum absolute atomic E-state index is 13.1. The fourth-order valence-corrected chi connectivity index (χ4v) is 4.02. The Kier molecular flexibility index (Phi) is 6.19. The predicted octanol–water partition coefficient (Wildman–Crippen LogP) is 2.99. The lowest BCUT2D eigenvalue weighted by molar-refractivity contribution is 0.203. The normalized spacial score (nSPS) is 12.6. The second-order valence-corrected chi connectivity index (χ2v) is 7.49. The van der Waals surface area contributed by atoms with Crippen LogP contribution in [0.3, 0.4) is 0 Å². The third kappa shape index (κ3) is 4.39. The van der Waals surface area contributed by atoms with Crippen LogP contribution >= 0.6 is 0 Å². The quantitative estimate of drug-likeness (QED) is 0.762. The number of carbonyl (C=O) groups is 1. The molecule has 0 radical (unpaired) electrons. The fourth-order valence-electron chi connectivity index (χ4n) is 2.43. The van der Waals surface area contributed by atoms with Crippen molar-refractivity contribution in [2.75, 3.05) is 19.6 Å². The number of hydrogen-bond acceptors (Lipinski definition) is 4. The van der Waals surface area contributed by atoms with Gasteiger partial charge in [0.15, 0.2) is 9.84 Å². The molecule has 2 aromatic rings. The molecule has 1 unspecified atom stereocenters. The number of amides is 2. The molecule has 0 bridgehead atoms. The van der Waals surface area contributed by atoms with Gasteiger partial charge in [0.2, 0.25) is 0 Å². The smallest absolute Gasteiger partial charge is 0.317 e. The molecule has 25 heavy (non-hydrogen) atoms. The first kappa shape index (κ1) is 19.0. The van der Waals surface area contributed by atoms with Crippen LogP contribution in [-0.4, -0.2) is 39.0 Å². The van der Waals surface area contributed by atoms with Gasteiger partial charge in [-0.15, -0.1) is 0 Å². The van der Waals surface area contributed by atoms with Crippen LogP contribution in [0.4, 0.5) is 9.18 Å².